The molecule has 140 valence electrons. The van der Waals surface area contributed by atoms with Crippen LogP contribution in [0.2, 0.25) is 0 Å². The van der Waals surface area contributed by atoms with Crippen molar-refractivity contribution in [2.45, 2.75) is 38.5 Å². The summed E-state index contributed by atoms with van der Waals surface area (Å²) in [5.41, 5.74) is 8.01. The van der Waals surface area contributed by atoms with Crippen LogP contribution in [0.1, 0.15) is 38.8 Å². The molecule has 0 saturated heterocycles. The summed E-state index contributed by atoms with van der Waals surface area (Å²) in [4.78, 5) is 2.35. The molecule has 0 radical (unpaired) electrons. The molecule has 4 rings (SSSR count). The fraction of sp³-hybridized carbons (Fsp3) is 0.348. The minimum atomic E-state index is -0.0407. The molecular weight excluding hydrogens is 511 g/mol. The van der Waals surface area contributed by atoms with Crippen LogP contribution < -0.4 is 4.90 Å². The molecule has 2 aromatic carbocycles. The third-order valence-corrected chi connectivity index (χ3v) is 7.43. The first-order chi connectivity index (χ1) is 12.5. The maximum absolute atomic E-state index is 3.65. The maximum atomic E-state index is 3.65. The van der Waals surface area contributed by atoms with Crippen LogP contribution >= 0.6 is 38.5 Å². The molecule has 0 fully saturated rings. The van der Waals surface area contributed by atoms with Gasteiger partial charge in [-0.05, 0) is 72.3 Å². The Morgan fingerprint density at radius 2 is 1.70 bits per heavy atom. The molecule has 2 nitrogen and oxygen atoms in total. The molecule has 0 saturated carbocycles. The highest BCUT2D eigenvalue weighted by Gasteiger charge is 2.46. The van der Waals surface area contributed by atoms with Gasteiger partial charge >= 0.3 is 0 Å². The summed E-state index contributed by atoms with van der Waals surface area (Å²) in [7, 11) is 4.38. The monoisotopic (exact) mass is 535 g/mol. The molecule has 4 heteroatoms. The van der Waals surface area contributed by atoms with Gasteiger partial charge in [0, 0.05) is 49.6 Å². The highest BCUT2D eigenvalue weighted by atomic mass is 127. The third-order valence-electron chi connectivity index (χ3n) is 6.26. The first-order valence-corrected chi connectivity index (χ1v) is 11.1. The molecule has 0 atom stereocenters. The van der Waals surface area contributed by atoms with E-state index in [1.807, 2.05) is 0 Å². The lowest BCUT2D eigenvalue weighted by atomic mass is 9.78. The van der Waals surface area contributed by atoms with Crippen LogP contribution in [0.5, 0.6) is 0 Å². The van der Waals surface area contributed by atoms with Gasteiger partial charge in [-0.2, -0.15) is 4.58 Å². The fourth-order valence-corrected chi connectivity index (χ4v) is 5.51. The Morgan fingerprint density at radius 1 is 1.00 bits per heavy atom. The predicted molar refractivity (Wildman–Crippen MR) is 127 cm³/mol. The van der Waals surface area contributed by atoms with Gasteiger partial charge in [0.2, 0.25) is 5.69 Å². The summed E-state index contributed by atoms with van der Waals surface area (Å²) in [5, 5.41) is 0. The molecule has 2 aliphatic rings. The van der Waals surface area contributed by atoms with E-state index in [4.69, 9.17) is 0 Å². The van der Waals surface area contributed by atoms with E-state index in [9.17, 15) is 0 Å². The Hall–Kier alpha value is -1.14. The minimum Gasteiger partial charge on any atom is -0.347 e. The van der Waals surface area contributed by atoms with Gasteiger partial charge in [0.15, 0.2) is 5.71 Å². The molecular formula is C23H25BrIN2+. The molecule has 0 N–H and O–H groups in total. The molecule has 2 heterocycles. The van der Waals surface area contributed by atoms with Crippen LogP contribution in [0, 0.1) is 3.57 Å². The second-order valence-corrected chi connectivity index (χ2v) is 10.8. The molecule has 0 spiro atoms. The Bertz CT molecular complexity index is 1030. The first-order valence-electron chi connectivity index (χ1n) is 9.22. The number of anilines is 1. The van der Waals surface area contributed by atoms with Gasteiger partial charge in [0.25, 0.3) is 0 Å². The lowest BCUT2D eigenvalue weighted by Gasteiger charge is -2.25. The Labute approximate surface area is 184 Å². The summed E-state index contributed by atoms with van der Waals surface area (Å²) in [5.74, 6) is 0. The number of hydrogen-bond donors (Lipinski definition) is 0. The van der Waals surface area contributed by atoms with Crippen LogP contribution in [0.15, 0.2) is 52.6 Å². The smallest absolute Gasteiger partial charge is 0.209 e. The summed E-state index contributed by atoms with van der Waals surface area (Å²) in [6, 6.07) is 13.4. The van der Waals surface area contributed by atoms with E-state index in [-0.39, 0.29) is 10.8 Å². The summed E-state index contributed by atoms with van der Waals surface area (Å²) in [6.45, 7) is 9.32. The number of allylic oxidation sites excluding steroid dienone is 2. The van der Waals surface area contributed by atoms with Crippen molar-refractivity contribution >= 4 is 55.6 Å². The van der Waals surface area contributed by atoms with E-state index in [0.717, 1.165) is 4.47 Å². The molecule has 27 heavy (non-hydrogen) atoms. The van der Waals surface area contributed by atoms with E-state index in [1.165, 1.54) is 37.5 Å². The summed E-state index contributed by atoms with van der Waals surface area (Å²) in [6.07, 6.45) is 2.42. The number of hydrogen-bond acceptors (Lipinski definition) is 1. The normalized spacial score (nSPS) is 21.0. The van der Waals surface area contributed by atoms with Crippen LogP contribution in [-0.2, 0) is 10.8 Å². The highest BCUT2D eigenvalue weighted by Crippen LogP contribution is 2.49. The molecule has 2 aromatic rings. The zero-order valence-corrected chi connectivity index (χ0v) is 20.4. The Balaban J connectivity index is 1.89. The van der Waals surface area contributed by atoms with E-state index < -0.39 is 0 Å². The van der Waals surface area contributed by atoms with Crippen molar-refractivity contribution in [3.63, 3.8) is 0 Å². The molecule has 0 bridgehead atoms. The summed E-state index contributed by atoms with van der Waals surface area (Å²) >= 11 is 6.06. The number of rotatable bonds is 1. The lowest BCUT2D eigenvalue weighted by molar-refractivity contribution is -0.401. The van der Waals surface area contributed by atoms with Gasteiger partial charge < -0.3 is 4.90 Å². The third kappa shape index (κ3) is 2.74. The van der Waals surface area contributed by atoms with Gasteiger partial charge in [-0.1, -0.05) is 29.8 Å². The van der Waals surface area contributed by atoms with Crippen molar-refractivity contribution in [2.24, 2.45) is 0 Å². The second-order valence-electron chi connectivity index (χ2n) is 8.61. The second kappa shape index (κ2) is 6.18. The van der Waals surface area contributed by atoms with Crippen molar-refractivity contribution in [1.82, 2.24) is 0 Å². The van der Waals surface area contributed by atoms with Crippen molar-refractivity contribution < 1.29 is 4.58 Å². The number of fused-ring (bicyclic) bond motifs is 2. The zero-order chi connectivity index (χ0) is 19.7. The number of benzene rings is 2. The maximum Gasteiger partial charge on any atom is 0.209 e. The SMILES string of the molecule is CN1/C(=C\C2=[N+](C)c3ccc(I)cc3C2(C)C)C(C)(C)c2cc(Br)ccc21. The van der Waals surface area contributed by atoms with E-state index in [1.54, 1.807) is 0 Å². The first kappa shape index (κ1) is 19.2. The lowest BCUT2D eigenvalue weighted by Crippen LogP contribution is -2.31. The number of likely N-dealkylation sites (N-methyl/N-ethyl adjacent to an activating group) is 1. The average molecular weight is 536 g/mol. The minimum absolute atomic E-state index is 0.0233. The van der Waals surface area contributed by atoms with Crippen LogP contribution in [-0.4, -0.2) is 24.4 Å². The largest absolute Gasteiger partial charge is 0.347 e. The van der Waals surface area contributed by atoms with Crippen LogP contribution in [0.3, 0.4) is 0 Å². The van der Waals surface area contributed by atoms with Crippen molar-refractivity contribution in [3.05, 3.63) is 67.3 Å². The number of nitrogens with zero attached hydrogens (tertiary/aromatic N) is 2. The van der Waals surface area contributed by atoms with E-state index >= 15 is 0 Å². The summed E-state index contributed by atoms with van der Waals surface area (Å²) < 4.78 is 4.79. The zero-order valence-electron chi connectivity index (χ0n) is 16.7. The fourth-order valence-electron chi connectivity index (χ4n) is 4.66. The quantitative estimate of drug-likeness (QED) is 0.303. The van der Waals surface area contributed by atoms with Gasteiger partial charge in [-0.25, -0.2) is 0 Å². The van der Waals surface area contributed by atoms with Crippen molar-refractivity contribution in [2.75, 3.05) is 19.0 Å². The van der Waals surface area contributed by atoms with Gasteiger partial charge in [0.1, 0.15) is 7.05 Å². The standard InChI is InChI=1S/C23H25BrIN2/c1-22(2)16-11-14(24)7-9-18(16)26(5)20(22)13-21-23(3,4)17-12-15(25)8-10-19(17)27(21)6/h7-13H,1-6H3/q+1. The molecule has 0 aromatic heterocycles. The number of halogens is 2. The average Bonchev–Trinajstić information content (AvgIpc) is 2.89. The predicted octanol–water partition coefficient (Wildman–Crippen LogP) is 6.37. The van der Waals surface area contributed by atoms with Gasteiger partial charge in [-0.3, -0.25) is 0 Å². The van der Waals surface area contributed by atoms with Gasteiger partial charge in [0.05, 0.1) is 5.41 Å². The molecule has 0 aliphatic carbocycles. The molecule has 2 aliphatic heterocycles. The Morgan fingerprint density at radius 3 is 2.41 bits per heavy atom. The van der Waals surface area contributed by atoms with Gasteiger partial charge in [-0.15, -0.1) is 0 Å². The van der Waals surface area contributed by atoms with Crippen LogP contribution in [0.25, 0.3) is 0 Å². The van der Waals surface area contributed by atoms with Crippen LogP contribution in [0.4, 0.5) is 11.4 Å². The van der Waals surface area contributed by atoms with Crippen molar-refractivity contribution in [3.8, 4) is 0 Å². The van der Waals surface area contributed by atoms with E-state index in [2.05, 4.69) is 132 Å². The Kier molecular flexibility index (Phi) is 4.39. The van der Waals surface area contributed by atoms with E-state index in [0.29, 0.717) is 0 Å². The highest BCUT2D eigenvalue weighted by molar-refractivity contribution is 14.1. The topological polar surface area (TPSA) is 6.25 Å². The molecule has 0 unspecified atom stereocenters. The molecule has 0 amide bonds. The van der Waals surface area contributed by atoms with Crippen molar-refractivity contribution in [1.29, 1.82) is 0 Å².